The Bertz CT molecular complexity index is 784. The van der Waals surface area contributed by atoms with Crippen LogP contribution in [0.2, 0.25) is 0 Å². The lowest BCUT2D eigenvalue weighted by Gasteiger charge is -2.20. The number of ether oxygens (including phenoxy) is 1. The lowest BCUT2D eigenvalue weighted by Crippen LogP contribution is -2.44. The Balaban J connectivity index is 2.04. The fourth-order valence-corrected chi connectivity index (χ4v) is 2.62. The third-order valence-electron chi connectivity index (χ3n) is 3.96. The van der Waals surface area contributed by atoms with E-state index < -0.39 is 18.5 Å². The maximum absolute atomic E-state index is 12.3. The molecule has 0 aromatic heterocycles. The van der Waals surface area contributed by atoms with Crippen molar-refractivity contribution in [1.82, 2.24) is 16.0 Å². The van der Waals surface area contributed by atoms with E-state index in [9.17, 15) is 18.4 Å². The number of carbonyl (C=O) groups excluding carboxylic acids is 2. The zero-order valence-corrected chi connectivity index (χ0v) is 16.3. The molecular weight excluding hydrogens is 380 g/mol. The minimum Gasteiger partial charge on any atom is -0.435 e. The van der Waals surface area contributed by atoms with Gasteiger partial charge in [-0.2, -0.15) is 8.78 Å². The van der Waals surface area contributed by atoms with Crippen molar-refractivity contribution in [2.75, 3.05) is 13.1 Å². The van der Waals surface area contributed by atoms with Gasteiger partial charge >= 0.3 is 12.6 Å². The van der Waals surface area contributed by atoms with E-state index in [0.717, 1.165) is 11.1 Å². The topological polar surface area (TPSA) is 79.5 Å². The molecule has 2 aromatic rings. The molecule has 6 nitrogen and oxygen atoms in total. The van der Waals surface area contributed by atoms with Crippen LogP contribution in [-0.2, 0) is 4.79 Å². The number of rotatable bonds is 9. The molecule has 0 heterocycles. The lowest BCUT2D eigenvalue weighted by molar-refractivity contribution is -0.119. The third-order valence-corrected chi connectivity index (χ3v) is 3.96. The number of urea groups is 1. The maximum Gasteiger partial charge on any atom is 0.387 e. The van der Waals surface area contributed by atoms with Crippen molar-refractivity contribution in [2.45, 2.75) is 26.5 Å². The highest BCUT2D eigenvalue weighted by Gasteiger charge is 2.16. The van der Waals surface area contributed by atoms with Gasteiger partial charge in [0.05, 0.1) is 12.6 Å². The van der Waals surface area contributed by atoms with Crippen LogP contribution < -0.4 is 20.7 Å². The molecule has 0 radical (unpaired) electrons. The average molecular weight is 405 g/mol. The Labute approximate surface area is 168 Å². The molecule has 0 spiro atoms. The normalized spacial score (nSPS) is 11.9. The molecule has 2 rings (SSSR count). The van der Waals surface area contributed by atoms with Gasteiger partial charge in [0.15, 0.2) is 0 Å². The molecule has 156 valence electrons. The Morgan fingerprint density at radius 3 is 2.17 bits per heavy atom. The molecule has 0 aliphatic carbocycles. The van der Waals surface area contributed by atoms with E-state index in [-0.39, 0.29) is 24.3 Å². The van der Waals surface area contributed by atoms with Crippen LogP contribution in [0.25, 0.3) is 0 Å². The Morgan fingerprint density at radius 2 is 1.59 bits per heavy atom. The molecule has 0 saturated carbocycles. The number of hydrogen-bond acceptors (Lipinski definition) is 4. The quantitative estimate of drug-likeness (QED) is 0.597. The Hall–Kier alpha value is -3.00. The van der Waals surface area contributed by atoms with Crippen molar-refractivity contribution in [3.8, 4) is 5.75 Å². The zero-order chi connectivity index (χ0) is 21.2. The predicted molar refractivity (Wildman–Crippen MR) is 106 cm³/mol. The first-order valence-corrected chi connectivity index (χ1v) is 9.26. The maximum atomic E-state index is 12.3. The van der Waals surface area contributed by atoms with Crippen LogP contribution in [0.1, 0.15) is 31.0 Å². The fraction of sp³-hybridized carbons (Fsp3) is 0.333. The first-order valence-electron chi connectivity index (χ1n) is 9.26. The molecule has 0 unspecified atom stereocenters. The average Bonchev–Trinajstić information content (AvgIpc) is 2.68. The molecule has 2 aromatic carbocycles. The minimum absolute atomic E-state index is 0.0510. The summed E-state index contributed by atoms with van der Waals surface area (Å²) < 4.78 is 29.1. The number of imide groups is 1. The summed E-state index contributed by atoms with van der Waals surface area (Å²) in [5.74, 6) is -0.159. The first kappa shape index (κ1) is 22.3. The molecule has 3 N–H and O–H groups in total. The third kappa shape index (κ3) is 7.87. The predicted octanol–water partition coefficient (Wildman–Crippen LogP) is 3.45. The van der Waals surface area contributed by atoms with E-state index in [1.165, 1.54) is 12.1 Å². The van der Waals surface area contributed by atoms with Gasteiger partial charge in [0.2, 0.25) is 5.91 Å². The van der Waals surface area contributed by atoms with E-state index in [1.807, 2.05) is 44.2 Å². The van der Waals surface area contributed by atoms with Gasteiger partial charge in [0.25, 0.3) is 0 Å². The highest BCUT2D eigenvalue weighted by atomic mass is 19.3. The molecule has 0 fully saturated rings. The lowest BCUT2D eigenvalue weighted by atomic mass is 9.98. The van der Waals surface area contributed by atoms with Gasteiger partial charge in [0.1, 0.15) is 5.75 Å². The summed E-state index contributed by atoms with van der Waals surface area (Å²) in [6, 6.07) is 14.6. The van der Waals surface area contributed by atoms with Gasteiger partial charge in [-0.1, -0.05) is 56.3 Å². The largest absolute Gasteiger partial charge is 0.435 e. The van der Waals surface area contributed by atoms with E-state index in [4.69, 9.17) is 0 Å². The van der Waals surface area contributed by atoms with Crippen molar-refractivity contribution < 1.29 is 23.1 Å². The summed E-state index contributed by atoms with van der Waals surface area (Å²) >= 11 is 0. The first-order chi connectivity index (χ1) is 13.8. The molecule has 29 heavy (non-hydrogen) atoms. The van der Waals surface area contributed by atoms with Crippen LogP contribution in [0.3, 0.4) is 0 Å². The summed E-state index contributed by atoms with van der Waals surface area (Å²) in [5, 5.41) is 7.98. The van der Waals surface area contributed by atoms with Crippen LogP contribution in [0, 0.1) is 5.92 Å². The van der Waals surface area contributed by atoms with Crippen molar-refractivity contribution >= 4 is 11.9 Å². The van der Waals surface area contributed by atoms with Gasteiger partial charge in [-0.05, 0) is 29.2 Å². The number of carbonyl (C=O) groups is 2. The van der Waals surface area contributed by atoms with Crippen LogP contribution in [-0.4, -0.2) is 31.6 Å². The summed E-state index contributed by atoms with van der Waals surface area (Å²) in [7, 11) is 0. The van der Waals surface area contributed by atoms with Gasteiger partial charge in [-0.15, -0.1) is 0 Å². The second kappa shape index (κ2) is 11.1. The highest BCUT2D eigenvalue weighted by molar-refractivity contribution is 5.95. The number of nitrogens with one attached hydrogen (secondary N) is 3. The van der Waals surface area contributed by atoms with E-state index >= 15 is 0 Å². The molecular formula is C21H25F2N3O3. The number of benzene rings is 2. The fourth-order valence-electron chi connectivity index (χ4n) is 2.62. The molecule has 0 saturated heterocycles. The second-order valence-corrected chi connectivity index (χ2v) is 6.82. The summed E-state index contributed by atoms with van der Waals surface area (Å²) in [4.78, 5) is 23.8. The van der Waals surface area contributed by atoms with Crippen molar-refractivity contribution in [2.24, 2.45) is 5.92 Å². The number of halogens is 2. The molecule has 0 bridgehead atoms. The van der Waals surface area contributed by atoms with Crippen molar-refractivity contribution in [3.63, 3.8) is 0 Å². The second-order valence-electron chi connectivity index (χ2n) is 6.82. The Kier molecular flexibility index (Phi) is 8.54. The van der Waals surface area contributed by atoms with Crippen LogP contribution in [0.15, 0.2) is 54.6 Å². The summed E-state index contributed by atoms with van der Waals surface area (Å²) in [6.45, 7) is 1.36. The monoisotopic (exact) mass is 405 g/mol. The zero-order valence-electron chi connectivity index (χ0n) is 16.3. The smallest absolute Gasteiger partial charge is 0.387 e. The summed E-state index contributed by atoms with van der Waals surface area (Å²) in [5.41, 5.74) is 1.64. The van der Waals surface area contributed by atoms with Gasteiger partial charge < -0.3 is 10.1 Å². The summed E-state index contributed by atoms with van der Waals surface area (Å²) in [6.07, 6.45) is 0. The number of amides is 3. The van der Waals surface area contributed by atoms with Crippen LogP contribution in [0.4, 0.5) is 13.6 Å². The molecule has 0 aliphatic rings. The van der Waals surface area contributed by atoms with Crippen LogP contribution in [0.5, 0.6) is 5.75 Å². The van der Waals surface area contributed by atoms with Crippen molar-refractivity contribution in [1.29, 1.82) is 0 Å². The van der Waals surface area contributed by atoms with E-state index in [2.05, 4.69) is 20.7 Å². The van der Waals surface area contributed by atoms with Gasteiger partial charge in [-0.3, -0.25) is 15.4 Å². The van der Waals surface area contributed by atoms with E-state index in [0.29, 0.717) is 6.54 Å². The Morgan fingerprint density at radius 1 is 0.966 bits per heavy atom. The van der Waals surface area contributed by atoms with Crippen LogP contribution >= 0.6 is 0 Å². The SMILES string of the molecule is CC(C)CNC(=O)NC(=O)CN[C@H](c1ccccc1)c1ccc(OC(F)F)cc1. The molecule has 0 aliphatic heterocycles. The van der Waals surface area contributed by atoms with Crippen molar-refractivity contribution in [3.05, 3.63) is 65.7 Å². The van der Waals surface area contributed by atoms with Gasteiger partial charge in [0, 0.05) is 6.54 Å². The van der Waals surface area contributed by atoms with Gasteiger partial charge in [-0.25, -0.2) is 4.79 Å². The van der Waals surface area contributed by atoms with E-state index in [1.54, 1.807) is 12.1 Å². The number of hydrogen-bond donors (Lipinski definition) is 3. The standard InChI is InChI=1S/C21H25F2N3O3/c1-14(2)12-25-21(28)26-18(27)13-24-19(15-6-4-3-5-7-15)16-8-10-17(11-9-16)29-20(22)23/h3-11,14,19-20,24H,12-13H2,1-2H3,(H2,25,26,27,28)/t19-/m1/s1. The minimum atomic E-state index is -2.89. The molecule has 1 atom stereocenters. The molecule has 3 amide bonds. The molecule has 8 heteroatoms. The highest BCUT2D eigenvalue weighted by Crippen LogP contribution is 2.24. The number of alkyl halides is 2.